The number of carbonyl (C=O) groups is 1. The molecule has 1 aromatic heterocycles. The first-order chi connectivity index (χ1) is 19.0. The highest BCUT2D eigenvalue weighted by Gasteiger charge is 2.25. The van der Waals surface area contributed by atoms with Gasteiger partial charge in [-0.15, -0.1) is 0 Å². The molecule has 204 valence electrons. The van der Waals surface area contributed by atoms with Gasteiger partial charge in [0.05, 0.1) is 41.9 Å². The SMILES string of the molecule is COc1cc2c(NC3C=C(Cl)C(Cl)=CC3)ncnc2cc1OCC1CN(C(=O)CCc2ccccc2)CCO1. The lowest BCUT2D eigenvalue weighted by molar-refractivity contribution is -0.139. The molecule has 3 aromatic rings. The molecule has 2 atom stereocenters. The Bertz CT molecular complexity index is 1380. The Labute approximate surface area is 237 Å². The van der Waals surface area contributed by atoms with E-state index in [-0.39, 0.29) is 24.7 Å². The summed E-state index contributed by atoms with van der Waals surface area (Å²) in [5, 5.41) is 5.24. The van der Waals surface area contributed by atoms with Crippen LogP contribution in [0.25, 0.3) is 10.9 Å². The number of aryl methyl sites for hydroxylation is 1. The standard InChI is InChI=1S/C29H30Cl2N4O4/c1-37-26-14-22-25(32-18-33-29(22)34-20-8-9-23(30)24(31)13-20)15-27(26)39-17-21-16-35(11-12-38-21)28(36)10-7-19-5-3-2-4-6-19/h2-6,9,13-15,18,20-21H,7-8,10-12,16-17H2,1H3,(H,32,33,34). The smallest absolute Gasteiger partial charge is 0.223 e. The van der Waals surface area contributed by atoms with Gasteiger partial charge < -0.3 is 24.4 Å². The molecule has 0 radical (unpaired) electrons. The van der Waals surface area contributed by atoms with Crippen molar-refractivity contribution in [3.63, 3.8) is 0 Å². The molecular formula is C29H30Cl2N4O4. The number of hydrogen-bond acceptors (Lipinski definition) is 7. The van der Waals surface area contributed by atoms with Crippen LogP contribution in [0.3, 0.4) is 0 Å². The van der Waals surface area contributed by atoms with Gasteiger partial charge in [-0.05, 0) is 30.5 Å². The van der Waals surface area contributed by atoms with Crippen LogP contribution in [0, 0.1) is 0 Å². The number of allylic oxidation sites excluding steroid dienone is 2. The van der Waals surface area contributed by atoms with Gasteiger partial charge in [0.2, 0.25) is 5.91 Å². The topological polar surface area (TPSA) is 85.8 Å². The monoisotopic (exact) mass is 568 g/mol. The fraction of sp³-hybridized carbons (Fsp3) is 0.345. The average Bonchev–Trinajstić information content (AvgIpc) is 2.97. The lowest BCUT2D eigenvalue weighted by atomic mass is 10.1. The molecule has 0 bridgehead atoms. The summed E-state index contributed by atoms with van der Waals surface area (Å²) < 4.78 is 17.7. The number of amides is 1. The molecule has 5 rings (SSSR count). The largest absolute Gasteiger partial charge is 0.493 e. The molecule has 1 amide bonds. The summed E-state index contributed by atoms with van der Waals surface area (Å²) in [6.07, 6.45) is 6.88. The highest BCUT2D eigenvalue weighted by molar-refractivity contribution is 6.44. The van der Waals surface area contributed by atoms with Crippen molar-refractivity contribution in [2.75, 3.05) is 38.7 Å². The molecule has 1 N–H and O–H groups in total. The molecule has 2 heterocycles. The van der Waals surface area contributed by atoms with Crippen molar-refractivity contribution >= 4 is 45.8 Å². The minimum atomic E-state index is -0.245. The number of ether oxygens (including phenoxy) is 3. The third-order valence-corrected chi connectivity index (χ3v) is 7.54. The fourth-order valence-corrected chi connectivity index (χ4v) is 5.04. The highest BCUT2D eigenvalue weighted by Crippen LogP contribution is 2.35. The zero-order valence-corrected chi connectivity index (χ0v) is 23.1. The van der Waals surface area contributed by atoms with Gasteiger partial charge in [-0.3, -0.25) is 4.79 Å². The van der Waals surface area contributed by atoms with Crippen molar-refractivity contribution in [3.8, 4) is 11.5 Å². The molecule has 0 spiro atoms. The van der Waals surface area contributed by atoms with Crippen LogP contribution in [-0.4, -0.2) is 66.3 Å². The van der Waals surface area contributed by atoms with E-state index in [2.05, 4.69) is 15.3 Å². The molecular weight excluding hydrogens is 539 g/mol. The number of carbonyl (C=O) groups excluding carboxylic acids is 1. The summed E-state index contributed by atoms with van der Waals surface area (Å²) in [6, 6.07) is 13.7. The third kappa shape index (κ3) is 6.82. The van der Waals surface area contributed by atoms with E-state index < -0.39 is 0 Å². The molecule has 8 nitrogen and oxygen atoms in total. The Morgan fingerprint density at radius 2 is 2.00 bits per heavy atom. The first kappa shape index (κ1) is 27.2. The van der Waals surface area contributed by atoms with Gasteiger partial charge in [0.1, 0.15) is 24.9 Å². The summed E-state index contributed by atoms with van der Waals surface area (Å²) in [7, 11) is 1.59. The van der Waals surface area contributed by atoms with Gasteiger partial charge in [-0.2, -0.15) is 0 Å². The quantitative estimate of drug-likeness (QED) is 0.374. The molecule has 2 aliphatic rings. The first-order valence-electron chi connectivity index (χ1n) is 12.9. The van der Waals surface area contributed by atoms with Gasteiger partial charge in [-0.1, -0.05) is 59.6 Å². The number of benzene rings is 2. The number of hydrogen-bond donors (Lipinski definition) is 1. The molecule has 2 aromatic carbocycles. The van der Waals surface area contributed by atoms with Crippen molar-refractivity contribution in [2.24, 2.45) is 0 Å². The van der Waals surface area contributed by atoms with Crippen molar-refractivity contribution in [2.45, 2.75) is 31.4 Å². The van der Waals surface area contributed by atoms with Crippen LogP contribution >= 0.6 is 23.2 Å². The lowest BCUT2D eigenvalue weighted by Gasteiger charge is -2.33. The number of nitrogens with one attached hydrogen (secondary N) is 1. The van der Waals surface area contributed by atoms with Crippen molar-refractivity contribution in [1.29, 1.82) is 0 Å². The van der Waals surface area contributed by atoms with E-state index in [1.54, 1.807) is 7.11 Å². The maximum absolute atomic E-state index is 12.8. The number of aromatic nitrogens is 2. The molecule has 0 saturated carbocycles. The van der Waals surface area contributed by atoms with Crippen LogP contribution in [0.5, 0.6) is 11.5 Å². The molecule has 39 heavy (non-hydrogen) atoms. The van der Waals surface area contributed by atoms with Crippen LogP contribution in [0.2, 0.25) is 0 Å². The predicted molar refractivity (Wildman–Crippen MR) is 153 cm³/mol. The highest BCUT2D eigenvalue weighted by atomic mass is 35.5. The van der Waals surface area contributed by atoms with Gasteiger partial charge >= 0.3 is 0 Å². The number of halogens is 2. The van der Waals surface area contributed by atoms with E-state index in [0.29, 0.717) is 65.4 Å². The minimum Gasteiger partial charge on any atom is -0.493 e. The molecule has 1 fully saturated rings. The van der Waals surface area contributed by atoms with Crippen LogP contribution in [0.15, 0.2) is 71.0 Å². The summed E-state index contributed by atoms with van der Waals surface area (Å²) >= 11 is 12.3. The fourth-order valence-electron chi connectivity index (χ4n) is 4.66. The molecule has 10 heteroatoms. The van der Waals surface area contributed by atoms with E-state index >= 15 is 0 Å². The number of rotatable bonds is 9. The summed E-state index contributed by atoms with van der Waals surface area (Å²) in [4.78, 5) is 23.5. The maximum Gasteiger partial charge on any atom is 0.223 e. The van der Waals surface area contributed by atoms with Crippen LogP contribution in [0.1, 0.15) is 18.4 Å². The number of methoxy groups -OCH3 is 1. The number of anilines is 1. The molecule has 1 aliphatic carbocycles. The Morgan fingerprint density at radius 1 is 1.15 bits per heavy atom. The Balaban J connectivity index is 1.22. The van der Waals surface area contributed by atoms with Crippen molar-refractivity contribution in [1.82, 2.24) is 14.9 Å². The predicted octanol–water partition coefficient (Wildman–Crippen LogP) is 5.31. The molecule has 2 unspecified atom stereocenters. The molecule has 1 aliphatic heterocycles. The number of fused-ring (bicyclic) bond motifs is 1. The van der Waals surface area contributed by atoms with Gasteiger partial charge in [0.15, 0.2) is 11.5 Å². The van der Waals surface area contributed by atoms with E-state index in [0.717, 1.165) is 17.4 Å². The number of nitrogens with zero attached hydrogens (tertiary/aromatic N) is 3. The van der Waals surface area contributed by atoms with E-state index in [9.17, 15) is 4.79 Å². The second-order valence-corrected chi connectivity index (χ2v) is 10.2. The van der Waals surface area contributed by atoms with Gasteiger partial charge in [-0.25, -0.2) is 9.97 Å². The Hall–Kier alpha value is -3.33. The second-order valence-electron chi connectivity index (χ2n) is 9.42. The van der Waals surface area contributed by atoms with E-state index in [1.165, 1.54) is 6.33 Å². The zero-order valence-electron chi connectivity index (χ0n) is 21.6. The van der Waals surface area contributed by atoms with Crippen LogP contribution in [0.4, 0.5) is 5.82 Å². The van der Waals surface area contributed by atoms with Crippen LogP contribution in [-0.2, 0) is 16.0 Å². The third-order valence-electron chi connectivity index (χ3n) is 6.76. The maximum atomic E-state index is 12.8. The summed E-state index contributed by atoms with van der Waals surface area (Å²) in [6.45, 7) is 1.82. The van der Waals surface area contributed by atoms with Gasteiger partial charge in [0, 0.05) is 24.4 Å². The van der Waals surface area contributed by atoms with Crippen molar-refractivity contribution in [3.05, 3.63) is 76.6 Å². The minimum absolute atomic E-state index is 0.0539. The van der Waals surface area contributed by atoms with E-state index in [1.807, 2.05) is 59.5 Å². The second kappa shape index (κ2) is 12.7. The lowest BCUT2D eigenvalue weighted by Crippen LogP contribution is -2.47. The molecule has 1 saturated heterocycles. The average molecular weight is 569 g/mol. The normalized spacial score (nSPS) is 19.3. The van der Waals surface area contributed by atoms with Gasteiger partial charge in [0.25, 0.3) is 0 Å². The first-order valence-corrected chi connectivity index (χ1v) is 13.6. The van der Waals surface area contributed by atoms with E-state index in [4.69, 9.17) is 37.4 Å². The zero-order chi connectivity index (χ0) is 27.2. The number of morpholine rings is 1. The van der Waals surface area contributed by atoms with Crippen LogP contribution < -0.4 is 14.8 Å². The summed E-state index contributed by atoms with van der Waals surface area (Å²) in [5.74, 6) is 1.87. The van der Waals surface area contributed by atoms with Crippen molar-refractivity contribution < 1.29 is 19.0 Å². The Morgan fingerprint density at radius 3 is 2.79 bits per heavy atom. The Kier molecular flexibility index (Phi) is 8.86. The summed E-state index contributed by atoms with van der Waals surface area (Å²) in [5.41, 5.74) is 1.86.